The number of nitrogens with zero attached hydrogens (tertiary/aromatic N) is 1. The Balaban J connectivity index is 3.46. The van der Waals surface area contributed by atoms with Crippen LogP contribution in [0.15, 0.2) is 10.5 Å². The van der Waals surface area contributed by atoms with E-state index >= 15 is 0 Å². The summed E-state index contributed by atoms with van der Waals surface area (Å²) < 4.78 is 66.2. The van der Waals surface area contributed by atoms with Crippen LogP contribution < -0.4 is 4.74 Å². The van der Waals surface area contributed by atoms with Crippen molar-refractivity contribution in [1.29, 1.82) is 0 Å². The van der Waals surface area contributed by atoms with Gasteiger partial charge in [0.1, 0.15) is 5.69 Å². The summed E-state index contributed by atoms with van der Waals surface area (Å²) in [5, 5.41) is 0. The number of alkyl halides is 5. The van der Waals surface area contributed by atoms with Crippen molar-refractivity contribution < 1.29 is 26.7 Å². The molecule has 1 heterocycles. The van der Waals surface area contributed by atoms with Gasteiger partial charge in [-0.15, -0.1) is 0 Å². The van der Waals surface area contributed by atoms with Crippen LogP contribution in [0.4, 0.5) is 22.0 Å². The summed E-state index contributed by atoms with van der Waals surface area (Å²) in [7, 11) is 1.12. The molecular weight excluding hydrogens is 301 g/mol. The lowest BCUT2D eigenvalue weighted by atomic mass is 10.2. The molecule has 0 unspecified atom stereocenters. The molecule has 0 amide bonds. The zero-order valence-electron chi connectivity index (χ0n) is 7.78. The third kappa shape index (κ3) is 2.60. The number of methoxy groups -OCH3 is 1. The van der Waals surface area contributed by atoms with Crippen LogP contribution in [-0.4, -0.2) is 12.1 Å². The first kappa shape index (κ1) is 13.1. The monoisotopic (exact) mass is 305 g/mol. The number of ether oxygens (including phenoxy) is 1. The maximum Gasteiger partial charge on any atom is 0.419 e. The van der Waals surface area contributed by atoms with Crippen molar-refractivity contribution in [2.75, 3.05) is 7.11 Å². The van der Waals surface area contributed by atoms with Crippen LogP contribution in [0.25, 0.3) is 0 Å². The molecule has 8 heteroatoms. The van der Waals surface area contributed by atoms with Crippen molar-refractivity contribution in [2.24, 2.45) is 0 Å². The van der Waals surface area contributed by atoms with Crippen LogP contribution in [0.2, 0.25) is 0 Å². The van der Waals surface area contributed by atoms with Crippen LogP contribution in [0.5, 0.6) is 5.88 Å². The average molecular weight is 306 g/mol. The van der Waals surface area contributed by atoms with Crippen LogP contribution in [0, 0.1) is 0 Å². The van der Waals surface area contributed by atoms with Gasteiger partial charge in [0.05, 0.1) is 12.7 Å². The SMILES string of the molecule is COc1cc(Br)c(C(F)(F)F)c(C(F)F)n1. The molecule has 0 saturated carbocycles. The minimum absolute atomic E-state index is 0.310. The normalized spacial score (nSPS) is 12.0. The molecule has 16 heavy (non-hydrogen) atoms. The molecule has 0 saturated heterocycles. The van der Waals surface area contributed by atoms with Crippen LogP contribution in [0.3, 0.4) is 0 Å². The fourth-order valence-corrected chi connectivity index (χ4v) is 1.68. The van der Waals surface area contributed by atoms with Crippen molar-refractivity contribution in [3.05, 3.63) is 21.8 Å². The number of rotatable bonds is 2. The van der Waals surface area contributed by atoms with Gasteiger partial charge in [0.15, 0.2) is 0 Å². The van der Waals surface area contributed by atoms with Crippen molar-refractivity contribution in [3.63, 3.8) is 0 Å². The van der Waals surface area contributed by atoms with Gasteiger partial charge in [-0.1, -0.05) is 0 Å². The highest BCUT2D eigenvalue weighted by Crippen LogP contribution is 2.41. The van der Waals surface area contributed by atoms with E-state index in [2.05, 4.69) is 25.7 Å². The van der Waals surface area contributed by atoms with Crippen LogP contribution in [0.1, 0.15) is 17.7 Å². The summed E-state index contributed by atoms with van der Waals surface area (Å²) in [6.07, 6.45) is -8.23. The van der Waals surface area contributed by atoms with Gasteiger partial charge >= 0.3 is 6.18 Å². The molecule has 0 aliphatic heterocycles. The highest BCUT2D eigenvalue weighted by atomic mass is 79.9. The zero-order chi connectivity index (χ0) is 12.5. The Kier molecular flexibility index (Phi) is 3.72. The fourth-order valence-electron chi connectivity index (χ4n) is 1.05. The quantitative estimate of drug-likeness (QED) is 0.775. The number of halogens is 6. The predicted octanol–water partition coefficient (Wildman–Crippen LogP) is 3.81. The summed E-state index contributed by atoms with van der Waals surface area (Å²) >= 11 is 2.57. The first-order valence-electron chi connectivity index (χ1n) is 3.87. The molecule has 0 aliphatic rings. The second-order valence-electron chi connectivity index (χ2n) is 2.71. The van der Waals surface area contributed by atoms with Crippen LogP contribution in [-0.2, 0) is 6.18 Å². The Hall–Kier alpha value is -0.920. The highest BCUT2D eigenvalue weighted by molar-refractivity contribution is 9.10. The molecule has 0 spiro atoms. The highest BCUT2D eigenvalue weighted by Gasteiger charge is 2.39. The molecule has 1 aromatic heterocycles. The van der Waals surface area contributed by atoms with Crippen molar-refractivity contribution in [3.8, 4) is 5.88 Å². The second kappa shape index (κ2) is 4.52. The molecule has 0 bridgehead atoms. The van der Waals surface area contributed by atoms with E-state index in [0.717, 1.165) is 13.2 Å². The first-order valence-corrected chi connectivity index (χ1v) is 4.66. The number of aromatic nitrogens is 1. The fraction of sp³-hybridized carbons (Fsp3) is 0.375. The second-order valence-corrected chi connectivity index (χ2v) is 3.56. The Bertz CT molecular complexity index is 393. The van der Waals surface area contributed by atoms with Gasteiger partial charge in [-0.3, -0.25) is 0 Å². The van der Waals surface area contributed by atoms with Gasteiger partial charge in [-0.05, 0) is 15.9 Å². The standard InChI is InChI=1S/C8H5BrF5NO/c1-16-4-2-3(9)5(8(12,13)14)6(15-4)7(10)11/h2,7H,1H3. The molecule has 0 atom stereocenters. The van der Waals surface area contributed by atoms with E-state index in [1.165, 1.54) is 0 Å². The van der Waals surface area contributed by atoms with E-state index < -0.39 is 28.3 Å². The largest absolute Gasteiger partial charge is 0.481 e. The smallest absolute Gasteiger partial charge is 0.419 e. The van der Waals surface area contributed by atoms with Gasteiger partial charge in [-0.25, -0.2) is 13.8 Å². The van der Waals surface area contributed by atoms with Gasteiger partial charge < -0.3 is 4.74 Å². The average Bonchev–Trinajstić information content (AvgIpc) is 2.14. The number of pyridine rings is 1. The van der Waals surface area contributed by atoms with Crippen molar-refractivity contribution in [1.82, 2.24) is 4.98 Å². The minimum atomic E-state index is -4.90. The lowest BCUT2D eigenvalue weighted by molar-refractivity contribution is -0.140. The van der Waals surface area contributed by atoms with Gasteiger partial charge in [0.2, 0.25) is 5.88 Å². The maximum atomic E-state index is 12.5. The van der Waals surface area contributed by atoms with E-state index in [1.54, 1.807) is 0 Å². The molecule has 2 nitrogen and oxygen atoms in total. The lowest BCUT2D eigenvalue weighted by Crippen LogP contribution is -2.13. The Morgan fingerprint density at radius 3 is 2.31 bits per heavy atom. The maximum absolute atomic E-state index is 12.5. The predicted molar refractivity (Wildman–Crippen MR) is 48.4 cm³/mol. The van der Waals surface area contributed by atoms with Crippen molar-refractivity contribution in [2.45, 2.75) is 12.6 Å². The van der Waals surface area contributed by atoms with E-state index in [4.69, 9.17) is 0 Å². The van der Waals surface area contributed by atoms with E-state index in [0.29, 0.717) is 0 Å². The zero-order valence-corrected chi connectivity index (χ0v) is 9.36. The molecule has 0 radical (unpaired) electrons. The lowest BCUT2D eigenvalue weighted by Gasteiger charge is -2.14. The van der Waals surface area contributed by atoms with E-state index in [-0.39, 0.29) is 5.88 Å². The Morgan fingerprint density at radius 1 is 1.38 bits per heavy atom. The summed E-state index contributed by atoms with van der Waals surface area (Å²) in [6.45, 7) is 0. The molecule has 90 valence electrons. The summed E-state index contributed by atoms with van der Waals surface area (Å²) in [6, 6.07) is 0.884. The molecule has 1 rings (SSSR count). The van der Waals surface area contributed by atoms with E-state index in [1.807, 2.05) is 0 Å². The molecule has 0 N–H and O–H groups in total. The summed E-state index contributed by atoms with van der Waals surface area (Å²) in [5.41, 5.74) is -2.83. The van der Waals surface area contributed by atoms with E-state index in [9.17, 15) is 22.0 Å². The number of hydrogen-bond donors (Lipinski definition) is 0. The molecule has 0 fully saturated rings. The number of hydrogen-bond acceptors (Lipinski definition) is 2. The van der Waals surface area contributed by atoms with Crippen molar-refractivity contribution >= 4 is 15.9 Å². The molecule has 1 aromatic rings. The summed E-state index contributed by atoms with van der Waals surface area (Å²) in [5.74, 6) is -0.310. The Labute approximate surface area is 95.6 Å². The Morgan fingerprint density at radius 2 is 1.94 bits per heavy atom. The third-order valence-electron chi connectivity index (χ3n) is 1.68. The van der Waals surface area contributed by atoms with Gasteiger partial charge in [-0.2, -0.15) is 13.2 Å². The molecule has 0 aliphatic carbocycles. The van der Waals surface area contributed by atoms with Crippen LogP contribution >= 0.6 is 15.9 Å². The molecular formula is C8H5BrF5NO. The molecule has 0 aromatic carbocycles. The van der Waals surface area contributed by atoms with Gasteiger partial charge in [0.25, 0.3) is 6.43 Å². The first-order chi connectivity index (χ1) is 7.27. The summed E-state index contributed by atoms with van der Waals surface area (Å²) in [4.78, 5) is 3.10. The van der Waals surface area contributed by atoms with Gasteiger partial charge in [0, 0.05) is 10.5 Å². The minimum Gasteiger partial charge on any atom is -0.481 e. The third-order valence-corrected chi connectivity index (χ3v) is 2.30. The topological polar surface area (TPSA) is 22.1 Å².